The smallest absolute Gasteiger partial charge is 0.333 e. The predicted octanol–water partition coefficient (Wildman–Crippen LogP) is 0.119. The van der Waals surface area contributed by atoms with Gasteiger partial charge in [-0.2, -0.15) is 0 Å². The van der Waals surface area contributed by atoms with Crippen LogP contribution in [0.2, 0.25) is 0 Å². The molecule has 8 heteroatoms. The van der Waals surface area contributed by atoms with Gasteiger partial charge in [0.25, 0.3) is 12.1 Å². The lowest BCUT2D eigenvalue weighted by atomic mass is 10.0. The fourth-order valence-corrected chi connectivity index (χ4v) is 1.84. The van der Waals surface area contributed by atoms with Crippen LogP contribution in [0.15, 0.2) is 12.2 Å². The van der Waals surface area contributed by atoms with E-state index in [4.69, 9.17) is 24.1 Å². The molecule has 0 aromatic carbocycles. The Morgan fingerprint density at radius 2 is 1.91 bits per heavy atom. The third-order valence-corrected chi connectivity index (χ3v) is 3.04. The van der Waals surface area contributed by atoms with E-state index in [1.165, 1.54) is 0 Å². The van der Waals surface area contributed by atoms with Gasteiger partial charge in [-0.05, 0) is 12.3 Å². The molecule has 0 aromatic heterocycles. The summed E-state index contributed by atoms with van der Waals surface area (Å²) in [5.41, 5.74) is 0. The molecule has 0 fully saturated rings. The van der Waals surface area contributed by atoms with Crippen molar-refractivity contribution >= 4 is 11.9 Å². The molecule has 23 heavy (non-hydrogen) atoms. The van der Waals surface area contributed by atoms with E-state index in [2.05, 4.69) is 0 Å². The molecule has 2 atom stereocenters. The quantitative estimate of drug-likeness (QED) is 0.452. The predicted molar refractivity (Wildman–Crippen MR) is 78.0 cm³/mol. The molecule has 0 spiro atoms. The third kappa shape index (κ3) is 7.08. The number of carbonyl (C=O) groups excluding carboxylic acids is 2. The topological polar surface area (TPSA) is 112 Å². The molecule has 0 saturated heterocycles. The Morgan fingerprint density at radius 3 is 2.57 bits per heavy atom. The van der Waals surface area contributed by atoms with Crippen molar-refractivity contribution in [2.45, 2.75) is 38.8 Å². The monoisotopic (exact) mass is 332 g/mol. The summed E-state index contributed by atoms with van der Waals surface area (Å²) in [5.74, 6) is -3.49. The van der Waals surface area contributed by atoms with Gasteiger partial charge in [0.2, 0.25) is 0 Å². The molecule has 2 N–H and O–H groups in total. The summed E-state index contributed by atoms with van der Waals surface area (Å²) in [6, 6.07) is 0. The molecular formula is C15H24O8. The second kappa shape index (κ2) is 9.61. The normalized spacial score (nSPS) is 26.4. The number of cyclic esters (lactones) is 2. The van der Waals surface area contributed by atoms with Gasteiger partial charge in [-0.1, -0.05) is 13.8 Å². The summed E-state index contributed by atoms with van der Waals surface area (Å²) in [5, 5.41) is 19.2. The highest BCUT2D eigenvalue weighted by molar-refractivity contribution is 5.92. The van der Waals surface area contributed by atoms with Crippen LogP contribution in [0.25, 0.3) is 0 Å². The maximum absolute atomic E-state index is 11.6. The van der Waals surface area contributed by atoms with E-state index in [1.807, 2.05) is 13.8 Å². The van der Waals surface area contributed by atoms with E-state index < -0.39 is 24.0 Å². The highest BCUT2D eigenvalue weighted by Gasteiger charge is 2.45. The molecule has 132 valence electrons. The standard InChI is InChI=1S/C15H24O8/c1-11(2)5-6-15(19)14(21-10-9-20-8-7-16)22-12(17)3-4-13(18)23-15/h3-4,11,14,16,19H,5-10H2,1-2H3/b4-3-. The van der Waals surface area contributed by atoms with Crippen LogP contribution in [-0.2, 0) is 28.5 Å². The van der Waals surface area contributed by atoms with Gasteiger partial charge < -0.3 is 29.2 Å². The van der Waals surface area contributed by atoms with Gasteiger partial charge in [0.1, 0.15) is 0 Å². The van der Waals surface area contributed by atoms with E-state index >= 15 is 0 Å². The lowest BCUT2D eigenvalue weighted by Gasteiger charge is -2.35. The van der Waals surface area contributed by atoms with Crippen LogP contribution in [0.3, 0.4) is 0 Å². The number of esters is 2. The third-order valence-electron chi connectivity index (χ3n) is 3.04. The Bertz CT molecular complexity index is 420. The fraction of sp³-hybridized carbons (Fsp3) is 0.733. The van der Waals surface area contributed by atoms with Crippen molar-refractivity contribution in [1.29, 1.82) is 0 Å². The summed E-state index contributed by atoms with van der Waals surface area (Å²) in [7, 11) is 0. The number of hydrogen-bond donors (Lipinski definition) is 2. The average molecular weight is 332 g/mol. The van der Waals surface area contributed by atoms with Crippen molar-refractivity contribution in [3.63, 3.8) is 0 Å². The highest BCUT2D eigenvalue weighted by atomic mass is 16.8. The van der Waals surface area contributed by atoms with Gasteiger partial charge in [0.05, 0.1) is 26.4 Å². The van der Waals surface area contributed by atoms with Crippen LogP contribution in [0.1, 0.15) is 26.7 Å². The Labute approximate surface area is 135 Å². The van der Waals surface area contributed by atoms with E-state index in [0.717, 1.165) is 12.2 Å². The lowest BCUT2D eigenvalue weighted by Crippen LogP contribution is -2.51. The van der Waals surface area contributed by atoms with Crippen LogP contribution in [0.4, 0.5) is 0 Å². The molecule has 2 unspecified atom stereocenters. The maximum Gasteiger partial charge on any atom is 0.333 e. The Balaban J connectivity index is 2.76. The molecule has 0 radical (unpaired) electrons. The molecule has 1 aliphatic rings. The molecule has 0 bridgehead atoms. The van der Waals surface area contributed by atoms with Crippen molar-refractivity contribution in [3.05, 3.63) is 12.2 Å². The highest BCUT2D eigenvalue weighted by Crippen LogP contribution is 2.27. The fourth-order valence-electron chi connectivity index (χ4n) is 1.84. The maximum atomic E-state index is 11.6. The molecule has 0 saturated carbocycles. The van der Waals surface area contributed by atoms with Gasteiger partial charge >= 0.3 is 11.9 Å². The zero-order valence-corrected chi connectivity index (χ0v) is 13.4. The first-order chi connectivity index (χ1) is 10.9. The minimum Gasteiger partial charge on any atom is -0.425 e. The van der Waals surface area contributed by atoms with Crippen molar-refractivity contribution in [1.82, 2.24) is 0 Å². The molecule has 0 amide bonds. The minimum absolute atomic E-state index is 0.0107. The second-order valence-corrected chi connectivity index (χ2v) is 5.51. The van der Waals surface area contributed by atoms with E-state index in [0.29, 0.717) is 6.42 Å². The van der Waals surface area contributed by atoms with Crippen LogP contribution in [0, 0.1) is 5.92 Å². The molecular weight excluding hydrogens is 308 g/mol. The van der Waals surface area contributed by atoms with Crippen molar-refractivity contribution < 1.29 is 38.7 Å². The zero-order valence-electron chi connectivity index (χ0n) is 13.4. The van der Waals surface area contributed by atoms with Crippen molar-refractivity contribution in [2.75, 3.05) is 26.4 Å². The van der Waals surface area contributed by atoms with E-state index in [-0.39, 0.29) is 38.8 Å². The van der Waals surface area contributed by atoms with Crippen LogP contribution in [0.5, 0.6) is 0 Å². The lowest BCUT2D eigenvalue weighted by molar-refractivity contribution is -0.317. The second-order valence-electron chi connectivity index (χ2n) is 5.51. The van der Waals surface area contributed by atoms with Crippen LogP contribution < -0.4 is 0 Å². The number of hydrogen-bond acceptors (Lipinski definition) is 8. The number of aliphatic hydroxyl groups excluding tert-OH is 1. The number of aliphatic hydroxyl groups is 2. The number of rotatable bonds is 9. The molecule has 1 rings (SSSR count). The van der Waals surface area contributed by atoms with Crippen molar-refractivity contribution in [3.8, 4) is 0 Å². The summed E-state index contributed by atoms with van der Waals surface area (Å²) in [4.78, 5) is 23.2. The Morgan fingerprint density at radius 1 is 1.22 bits per heavy atom. The van der Waals surface area contributed by atoms with Gasteiger partial charge in [-0.25, -0.2) is 9.59 Å². The van der Waals surface area contributed by atoms with Crippen LogP contribution in [-0.4, -0.2) is 60.7 Å². The largest absolute Gasteiger partial charge is 0.425 e. The first kappa shape index (κ1) is 19.6. The molecule has 0 aliphatic carbocycles. The zero-order chi connectivity index (χ0) is 17.3. The van der Waals surface area contributed by atoms with Gasteiger partial charge in [-0.15, -0.1) is 0 Å². The Kier molecular flexibility index (Phi) is 8.18. The number of ether oxygens (including phenoxy) is 4. The summed E-state index contributed by atoms with van der Waals surface area (Å²) >= 11 is 0. The van der Waals surface area contributed by atoms with Gasteiger partial charge in [-0.3, -0.25) is 0 Å². The molecule has 8 nitrogen and oxygen atoms in total. The average Bonchev–Trinajstić information content (AvgIpc) is 2.48. The van der Waals surface area contributed by atoms with Crippen LogP contribution >= 0.6 is 0 Å². The first-order valence-corrected chi connectivity index (χ1v) is 7.51. The molecule has 1 aliphatic heterocycles. The molecule has 1 heterocycles. The SMILES string of the molecule is CC(C)CCC1(O)OC(=O)/C=C\C(=O)OC1OCCOCCO. The van der Waals surface area contributed by atoms with Crippen molar-refractivity contribution in [2.24, 2.45) is 5.92 Å². The first-order valence-electron chi connectivity index (χ1n) is 7.51. The summed E-state index contributed by atoms with van der Waals surface area (Å²) in [6.07, 6.45) is 0.929. The van der Waals surface area contributed by atoms with Gasteiger partial charge in [0, 0.05) is 18.6 Å². The van der Waals surface area contributed by atoms with E-state index in [9.17, 15) is 14.7 Å². The number of carbonyl (C=O) groups is 2. The molecule has 0 aromatic rings. The Hall–Kier alpha value is -1.48. The van der Waals surface area contributed by atoms with E-state index in [1.54, 1.807) is 0 Å². The summed E-state index contributed by atoms with van der Waals surface area (Å²) < 4.78 is 20.4. The summed E-state index contributed by atoms with van der Waals surface area (Å²) in [6.45, 7) is 4.02. The van der Waals surface area contributed by atoms with Gasteiger partial charge in [0.15, 0.2) is 0 Å². The minimum atomic E-state index is -2.07.